The summed E-state index contributed by atoms with van der Waals surface area (Å²) in [6.45, 7) is 3.22. The minimum Gasteiger partial charge on any atom is -0.309 e. The van der Waals surface area contributed by atoms with E-state index >= 15 is 0 Å². The highest BCUT2D eigenvalue weighted by molar-refractivity contribution is 5.87. The second-order valence-corrected chi connectivity index (χ2v) is 6.71. The van der Waals surface area contributed by atoms with Gasteiger partial charge < -0.3 is 9.80 Å². The van der Waals surface area contributed by atoms with Crippen LogP contribution in [0.1, 0.15) is 25.7 Å². The minimum atomic E-state index is -0.462. The molecule has 0 unspecified atom stereocenters. The van der Waals surface area contributed by atoms with E-state index in [1.54, 1.807) is 4.90 Å². The number of fused-ring (bicyclic) bond motifs is 2. The Morgan fingerprint density at radius 2 is 2.00 bits per heavy atom. The van der Waals surface area contributed by atoms with Gasteiger partial charge in [-0.05, 0) is 51.7 Å². The fourth-order valence-electron chi connectivity index (χ4n) is 3.66. The van der Waals surface area contributed by atoms with Gasteiger partial charge in [-0.1, -0.05) is 0 Å². The molecule has 8 nitrogen and oxygen atoms in total. The number of hydroxylamine groups is 3. The van der Waals surface area contributed by atoms with Gasteiger partial charge in [-0.3, -0.25) is 14.5 Å². The van der Waals surface area contributed by atoms with Crippen molar-refractivity contribution in [3.05, 3.63) is 0 Å². The summed E-state index contributed by atoms with van der Waals surface area (Å²) in [5.74, 6) is 0.252. The van der Waals surface area contributed by atoms with Crippen LogP contribution in [0.2, 0.25) is 0 Å². The molecule has 2 atom stereocenters. The molecule has 8 heteroatoms. The van der Waals surface area contributed by atoms with E-state index in [-0.39, 0.29) is 18.0 Å². The highest BCUT2D eigenvalue weighted by atomic mass is 16.7. The fourth-order valence-corrected chi connectivity index (χ4v) is 3.66. The van der Waals surface area contributed by atoms with Gasteiger partial charge in [0.15, 0.2) is 0 Å². The van der Waals surface area contributed by atoms with Crippen molar-refractivity contribution in [2.75, 3.05) is 40.4 Å². The molecule has 2 bridgehead atoms. The van der Waals surface area contributed by atoms with Crippen LogP contribution in [0.4, 0.5) is 4.79 Å². The first-order chi connectivity index (χ1) is 11.1. The molecule has 3 fully saturated rings. The smallest absolute Gasteiger partial charge is 0.309 e. The lowest BCUT2D eigenvalue weighted by atomic mass is 9.98. The Labute approximate surface area is 136 Å². The second-order valence-electron chi connectivity index (χ2n) is 6.71. The molecule has 3 aliphatic rings. The fraction of sp³-hybridized carbons (Fsp3) is 0.867. The van der Waals surface area contributed by atoms with Crippen LogP contribution in [0.25, 0.3) is 0 Å². The maximum absolute atomic E-state index is 12.3. The van der Waals surface area contributed by atoms with Crippen LogP contribution < -0.4 is 5.48 Å². The lowest BCUT2D eigenvalue weighted by molar-refractivity contribution is -0.140. The van der Waals surface area contributed by atoms with Gasteiger partial charge in [-0.25, -0.2) is 10.3 Å². The van der Waals surface area contributed by atoms with Crippen molar-refractivity contribution in [3.8, 4) is 0 Å². The largest absolute Gasteiger partial charge is 0.345 e. The molecule has 130 valence electrons. The van der Waals surface area contributed by atoms with Crippen LogP contribution in [0, 0.1) is 5.92 Å². The number of hydrogen-bond acceptors (Lipinski definition) is 5. The van der Waals surface area contributed by atoms with Gasteiger partial charge >= 0.3 is 6.03 Å². The van der Waals surface area contributed by atoms with Gasteiger partial charge in [-0.15, -0.1) is 0 Å². The van der Waals surface area contributed by atoms with Crippen LogP contribution in [-0.4, -0.2) is 79.3 Å². The first-order valence-electron chi connectivity index (χ1n) is 8.34. The summed E-state index contributed by atoms with van der Waals surface area (Å²) < 4.78 is 0. The summed E-state index contributed by atoms with van der Waals surface area (Å²) >= 11 is 0. The molecule has 0 aromatic rings. The predicted molar refractivity (Wildman–Crippen MR) is 82.1 cm³/mol. The highest BCUT2D eigenvalue weighted by Gasteiger charge is 2.47. The Hall–Kier alpha value is -1.38. The summed E-state index contributed by atoms with van der Waals surface area (Å²) in [5.41, 5.74) is 2.54. The Kier molecular flexibility index (Phi) is 5.03. The molecule has 0 aliphatic carbocycles. The number of nitrogens with one attached hydrogen (secondary N) is 1. The minimum absolute atomic E-state index is 0.0525. The molecule has 23 heavy (non-hydrogen) atoms. The number of amides is 3. The first-order valence-corrected chi connectivity index (χ1v) is 8.34. The normalized spacial score (nSPS) is 29.2. The average molecular weight is 326 g/mol. The number of rotatable bonds is 5. The van der Waals surface area contributed by atoms with E-state index in [2.05, 4.69) is 17.4 Å². The molecule has 0 radical (unpaired) electrons. The quantitative estimate of drug-likeness (QED) is 0.731. The molecular weight excluding hydrogens is 300 g/mol. The molecule has 3 aliphatic heterocycles. The Morgan fingerprint density at radius 1 is 1.26 bits per heavy atom. The average Bonchev–Trinajstić information content (AvgIpc) is 2.80. The number of piperidine rings is 2. The van der Waals surface area contributed by atoms with Gasteiger partial charge in [0.1, 0.15) is 6.04 Å². The number of carbonyl (C=O) groups is 2. The van der Waals surface area contributed by atoms with Crippen molar-refractivity contribution >= 4 is 11.9 Å². The van der Waals surface area contributed by atoms with Crippen molar-refractivity contribution < 1.29 is 19.3 Å². The van der Waals surface area contributed by atoms with Crippen molar-refractivity contribution in [1.29, 1.82) is 0 Å². The molecule has 1 N–H and O–H groups in total. The third-order valence-corrected chi connectivity index (χ3v) is 5.15. The number of hydrogen-bond donors (Lipinski definition) is 1. The standard InChI is InChI=1S/C15H26N4O4/c1-17-7-5-11(6-8-17)10-23-16-14(20)13-4-3-12-9-18(13)15(21)19(12)22-2/h11-13H,3-10H2,1-2H3,(H,16,20)/t12-,13+/m1/s1. The number of urea groups is 1. The monoisotopic (exact) mass is 326 g/mol. The number of carbonyl (C=O) groups excluding carboxylic acids is 2. The summed E-state index contributed by atoms with van der Waals surface area (Å²) in [5, 5.41) is 1.37. The van der Waals surface area contributed by atoms with Crippen LogP contribution in [0.3, 0.4) is 0 Å². The third kappa shape index (κ3) is 3.44. The van der Waals surface area contributed by atoms with Gasteiger partial charge in [-0.2, -0.15) is 5.06 Å². The Morgan fingerprint density at radius 3 is 2.70 bits per heavy atom. The molecule has 3 heterocycles. The van der Waals surface area contributed by atoms with Crippen LogP contribution in [-0.2, 0) is 14.5 Å². The maximum atomic E-state index is 12.3. The molecule has 0 saturated carbocycles. The van der Waals surface area contributed by atoms with Crippen LogP contribution in [0.15, 0.2) is 0 Å². The van der Waals surface area contributed by atoms with E-state index in [0.717, 1.165) is 32.4 Å². The van der Waals surface area contributed by atoms with Crippen molar-refractivity contribution in [3.63, 3.8) is 0 Å². The SMILES string of the molecule is CON1C(=O)N2C[C@H]1CC[C@H]2C(=O)NOCC1CCN(C)CC1. The summed E-state index contributed by atoms with van der Waals surface area (Å²) in [7, 11) is 3.60. The zero-order valence-electron chi connectivity index (χ0n) is 13.9. The molecular formula is C15H26N4O4. The van der Waals surface area contributed by atoms with E-state index in [1.807, 2.05) is 0 Å². The Balaban J connectivity index is 1.45. The van der Waals surface area contributed by atoms with Gasteiger partial charge in [0.2, 0.25) is 0 Å². The van der Waals surface area contributed by atoms with E-state index in [0.29, 0.717) is 25.5 Å². The zero-order chi connectivity index (χ0) is 16.4. The van der Waals surface area contributed by atoms with Crippen molar-refractivity contribution in [2.24, 2.45) is 5.92 Å². The van der Waals surface area contributed by atoms with E-state index < -0.39 is 6.04 Å². The molecule has 0 aromatic heterocycles. The van der Waals surface area contributed by atoms with E-state index in [1.165, 1.54) is 12.2 Å². The van der Waals surface area contributed by atoms with E-state index in [9.17, 15) is 9.59 Å². The molecule has 0 aromatic carbocycles. The Bertz CT molecular complexity index is 453. The zero-order valence-corrected chi connectivity index (χ0v) is 13.9. The second kappa shape index (κ2) is 7.02. The predicted octanol–water partition coefficient (Wildman–Crippen LogP) is 0.206. The van der Waals surface area contributed by atoms with Crippen LogP contribution in [0.5, 0.6) is 0 Å². The van der Waals surface area contributed by atoms with Gasteiger partial charge in [0, 0.05) is 6.54 Å². The lowest BCUT2D eigenvalue weighted by Gasteiger charge is -2.30. The third-order valence-electron chi connectivity index (χ3n) is 5.15. The van der Waals surface area contributed by atoms with Gasteiger partial charge in [0.25, 0.3) is 5.91 Å². The van der Waals surface area contributed by atoms with E-state index in [4.69, 9.17) is 9.68 Å². The first kappa shape index (κ1) is 16.5. The topological polar surface area (TPSA) is 74.3 Å². The molecule has 3 rings (SSSR count). The number of likely N-dealkylation sites (tertiary alicyclic amines) is 1. The van der Waals surface area contributed by atoms with Gasteiger partial charge in [0.05, 0.1) is 19.8 Å². The highest BCUT2D eigenvalue weighted by Crippen LogP contribution is 2.29. The molecule has 3 amide bonds. The lowest BCUT2D eigenvalue weighted by Crippen LogP contribution is -2.50. The van der Waals surface area contributed by atoms with Crippen molar-refractivity contribution in [1.82, 2.24) is 20.3 Å². The van der Waals surface area contributed by atoms with Crippen molar-refractivity contribution in [2.45, 2.75) is 37.8 Å². The summed E-state index contributed by atoms with van der Waals surface area (Å²) in [4.78, 5) is 38.9. The summed E-state index contributed by atoms with van der Waals surface area (Å²) in [6.07, 6.45) is 3.58. The van der Waals surface area contributed by atoms with Crippen LogP contribution >= 0.6 is 0 Å². The maximum Gasteiger partial charge on any atom is 0.345 e. The molecule has 3 saturated heterocycles. The molecule has 0 spiro atoms. The number of nitrogens with zero attached hydrogens (tertiary/aromatic N) is 3. The summed E-state index contributed by atoms with van der Waals surface area (Å²) in [6, 6.07) is -0.640.